The molecule has 0 unspecified atom stereocenters. The van der Waals surface area contributed by atoms with Gasteiger partial charge in [-0.15, -0.1) is 0 Å². The van der Waals surface area contributed by atoms with Crippen LogP contribution in [0.25, 0.3) is 0 Å². The Labute approximate surface area is 140 Å². The van der Waals surface area contributed by atoms with E-state index in [1.807, 2.05) is 43.3 Å². The molecule has 0 aliphatic heterocycles. The number of rotatable bonds is 5. The maximum atomic E-state index is 8.97. The van der Waals surface area contributed by atoms with Crippen molar-refractivity contribution >= 4 is 17.5 Å². The fraction of sp³-hybridized carbons (Fsp3) is 0.111. The Bertz CT molecular complexity index is 870. The Morgan fingerprint density at radius 3 is 2.79 bits per heavy atom. The molecule has 6 nitrogen and oxygen atoms in total. The molecule has 6 heteroatoms. The predicted molar refractivity (Wildman–Crippen MR) is 92.8 cm³/mol. The first-order valence-electron chi connectivity index (χ1n) is 7.49. The van der Waals surface area contributed by atoms with E-state index in [4.69, 9.17) is 5.26 Å². The van der Waals surface area contributed by atoms with Crippen LogP contribution in [0.15, 0.2) is 54.7 Å². The Hall–Kier alpha value is -3.46. The SMILES string of the molecule is Cc1cc(NCc2ccccn2)nc(Nc2cccc(C#N)c2)n1. The number of aryl methyl sites for hydroxylation is 1. The average Bonchev–Trinajstić information content (AvgIpc) is 2.60. The number of nitrogens with zero attached hydrogens (tertiary/aromatic N) is 4. The maximum Gasteiger partial charge on any atom is 0.229 e. The van der Waals surface area contributed by atoms with E-state index in [0.717, 1.165) is 17.1 Å². The molecular weight excluding hydrogens is 300 g/mol. The summed E-state index contributed by atoms with van der Waals surface area (Å²) in [4.78, 5) is 13.1. The zero-order valence-corrected chi connectivity index (χ0v) is 13.2. The molecule has 3 aromatic rings. The zero-order valence-electron chi connectivity index (χ0n) is 13.2. The number of hydrogen-bond acceptors (Lipinski definition) is 6. The van der Waals surface area contributed by atoms with Crippen molar-refractivity contribution in [1.82, 2.24) is 15.0 Å². The Kier molecular flexibility index (Phi) is 4.63. The quantitative estimate of drug-likeness (QED) is 0.750. The van der Waals surface area contributed by atoms with Crippen molar-refractivity contribution in [3.8, 4) is 6.07 Å². The second-order valence-electron chi connectivity index (χ2n) is 5.21. The summed E-state index contributed by atoms with van der Waals surface area (Å²) in [5.41, 5.74) is 3.13. The van der Waals surface area contributed by atoms with Crippen LogP contribution in [0.4, 0.5) is 17.5 Å². The van der Waals surface area contributed by atoms with Crippen molar-refractivity contribution in [2.24, 2.45) is 0 Å². The van der Waals surface area contributed by atoms with Crippen molar-refractivity contribution in [2.45, 2.75) is 13.5 Å². The molecule has 0 fully saturated rings. The van der Waals surface area contributed by atoms with Gasteiger partial charge in [0, 0.05) is 23.6 Å². The molecule has 0 aliphatic carbocycles. The number of hydrogen-bond donors (Lipinski definition) is 2. The minimum Gasteiger partial charge on any atom is -0.364 e. The van der Waals surface area contributed by atoms with Gasteiger partial charge in [0.2, 0.25) is 5.95 Å². The highest BCUT2D eigenvalue weighted by atomic mass is 15.1. The molecule has 2 N–H and O–H groups in total. The van der Waals surface area contributed by atoms with Crippen LogP contribution >= 0.6 is 0 Å². The van der Waals surface area contributed by atoms with Crippen LogP contribution in [-0.4, -0.2) is 15.0 Å². The molecule has 2 aromatic heterocycles. The van der Waals surface area contributed by atoms with Gasteiger partial charge in [0.15, 0.2) is 0 Å². The number of pyridine rings is 1. The number of nitriles is 1. The van der Waals surface area contributed by atoms with Crippen LogP contribution in [0.3, 0.4) is 0 Å². The summed E-state index contributed by atoms with van der Waals surface area (Å²) in [7, 11) is 0. The van der Waals surface area contributed by atoms with E-state index in [-0.39, 0.29) is 0 Å². The number of nitrogens with one attached hydrogen (secondary N) is 2. The molecule has 1 aromatic carbocycles. The lowest BCUT2D eigenvalue weighted by atomic mass is 10.2. The fourth-order valence-electron chi connectivity index (χ4n) is 2.19. The van der Waals surface area contributed by atoms with Crippen molar-refractivity contribution in [3.05, 3.63) is 71.7 Å². The van der Waals surface area contributed by atoms with Crippen molar-refractivity contribution in [3.63, 3.8) is 0 Å². The van der Waals surface area contributed by atoms with Crippen LogP contribution in [-0.2, 0) is 6.54 Å². The predicted octanol–water partition coefficient (Wildman–Crippen LogP) is 3.41. The van der Waals surface area contributed by atoms with Gasteiger partial charge in [-0.3, -0.25) is 4.98 Å². The van der Waals surface area contributed by atoms with E-state index in [2.05, 4.69) is 31.7 Å². The van der Waals surface area contributed by atoms with Crippen molar-refractivity contribution in [2.75, 3.05) is 10.6 Å². The molecule has 0 saturated carbocycles. The van der Waals surface area contributed by atoms with E-state index in [1.165, 1.54) is 0 Å². The highest BCUT2D eigenvalue weighted by Gasteiger charge is 2.04. The normalized spacial score (nSPS) is 10.0. The average molecular weight is 316 g/mol. The fourth-order valence-corrected chi connectivity index (χ4v) is 2.19. The first-order chi connectivity index (χ1) is 11.7. The van der Waals surface area contributed by atoms with Gasteiger partial charge in [-0.25, -0.2) is 4.98 Å². The largest absolute Gasteiger partial charge is 0.364 e. The topological polar surface area (TPSA) is 86.5 Å². The second kappa shape index (κ2) is 7.20. The molecule has 0 aliphatic rings. The molecule has 0 saturated heterocycles. The monoisotopic (exact) mass is 316 g/mol. The number of anilines is 3. The zero-order chi connectivity index (χ0) is 16.8. The summed E-state index contributed by atoms with van der Waals surface area (Å²) in [6.07, 6.45) is 1.76. The maximum absolute atomic E-state index is 8.97. The van der Waals surface area contributed by atoms with Gasteiger partial charge in [-0.2, -0.15) is 10.2 Å². The van der Waals surface area contributed by atoms with E-state index in [0.29, 0.717) is 23.9 Å². The van der Waals surface area contributed by atoms with Gasteiger partial charge >= 0.3 is 0 Å². The van der Waals surface area contributed by atoms with Gasteiger partial charge in [0.25, 0.3) is 0 Å². The highest BCUT2D eigenvalue weighted by molar-refractivity contribution is 5.57. The lowest BCUT2D eigenvalue weighted by molar-refractivity contribution is 1.01. The van der Waals surface area contributed by atoms with Crippen molar-refractivity contribution in [1.29, 1.82) is 5.26 Å². The standard InChI is InChI=1S/C18H16N6/c1-13-9-17(21-12-16-6-2-3-8-20-16)24-18(22-13)23-15-7-4-5-14(10-15)11-19/h2-10H,12H2,1H3,(H2,21,22,23,24). The van der Waals surface area contributed by atoms with Gasteiger partial charge < -0.3 is 10.6 Å². The van der Waals surface area contributed by atoms with Crippen LogP contribution in [0.5, 0.6) is 0 Å². The summed E-state index contributed by atoms with van der Waals surface area (Å²) in [5, 5.41) is 15.3. The van der Waals surface area contributed by atoms with Gasteiger partial charge in [0.05, 0.1) is 23.9 Å². The Morgan fingerprint density at radius 1 is 1.08 bits per heavy atom. The molecule has 2 heterocycles. The first-order valence-corrected chi connectivity index (χ1v) is 7.49. The number of aromatic nitrogens is 3. The van der Waals surface area contributed by atoms with E-state index < -0.39 is 0 Å². The lowest BCUT2D eigenvalue weighted by Crippen LogP contribution is -2.06. The van der Waals surface area contributed by atoms with E-state index in [1.54, 1.807) is 18.3 Å². The minimum absolute atomic E-state index is 0.480. The lowest BCUT2D eigenvalue weighted by Gasteiger charge is -2.10. The highest BCUT2D eigenvalue weighted by Crippen LogP contribution is 2.17. The van der Waals surface area contributed by atoms with Crippen LogP contribution in [0.1, 0.15) is 17.0 Å². The summed E-state index contributed by atoms with van der Waals surface area (Å²) in [6, 6.07) is 17.0. The van der Waals surface area contributed by atoms with Crippen LogP contribution in [0.2, 0.25) is 0 Å². The molecule has 24 heavy (non-hydrogen) atoms. The third-order valence-electron chi connectivity index (χ3n) is 3.28. The smallest absolute Gasteiger partial charge is 0.229 e. The van der Waals surface area contributed by atoms with E-state index >= 15 is 0 Å². The molecule has 0 bridgehead atoms. The minimum atomic E-state index is 0.480. The van der Waals surface area contributed by atoms with Gasteiger partial charge in [0.1, 0.15) is 5.82 Å². The van der Waals surface area contributed by atoms with Gasteiger partial charge in [-0.05, 0) is 37.3 Å². The molecule has 0 amide bonds. The third-order valence-corrected chi connectivity index (χ3v) is 3.28. The molecule has 3 rings (SSSR count). The Balaban J connectivity index is 1.75. The second-order valence-corrected chi connectivity index (χ2v) is 5.21. The molecule has 0 spiro atoms. The van der Waals surface area contributed by atoms with Crippen LogP contribution in [0, 0.1) is 18.3 Å². The van der Waals surface area contributed by atoms with Gasteiger partial charge in [-0.1, -0.05) is 12.1 Å². The summed E-state index contributed by atoms with van der Waals surface area (Å²) < 4.78 is 0. The van der Waals surface area contributed by atoms with Crippen molar-refractivity contribution < 1.29 is 0 Å². The third kappa shape index (κ3) is 4.05. The van der Waals surface area contributed by atoms with Crippen LogP contribution < -0.4 is 10.6 Å². The summed E-state index contributed by atoms with van der Waals surface area (Å²) in [6.45, 7) is 2.49. The van der Waals surface area contributed by atoms with E-state index in [9.17, 15) is 0 Å². The summed E-state index contributed by atoms with van der Waals surface area (Å²) >= 11 is 0. The summed E-state index contributed by atoms with van der Waals surface area (Å²) in [5.74, 6) is 1.20. The molecule has 0 radical (unpaired) electrons. The molecular formula is C18H16N6. The molecule has 118 valence electrons. The number of benzene rings is 1. The first kappa shape index (κ1) is 15.4. The molecule has 0 atom stereocenters. The Morgan fingerprint density at radius 2 is 2.00 bits per heavy atom.